The number of ether oxygens (including phenoxy) is 1. The number of carbonyl (C=O) groups is 1. The first-order valence-corrected chi connectivity index (χ1v) is 21.3. The average molecular weight is 650 g/mol. The van der Waals surface area contributed by atoms with Crippen LogP contribution in [0, 0.1) is 0 Å². The van der Waals surface area contributed by atoms with E-state index in [9.17, 15) is 4.79 Å². The summed E-state index contributed by atoms with van der Waals surface area (Å²) in [7, 11) is 0. The molecule has 0 saturated carbocycles. The van der Waals surface area contributed by atoms with Gasteiger partial charge in [-0.25, -0.2) is 0 Å². The van der Waals surface area contributed by atoms with E-state index < -0.39 is 6.04 Å². The van der Waals surface area contributed by atoms with Gasteiger partial charge in [0.05, 0.1) is 0 Å². The summed E-state index contributed by atoms with van der Waals surface area (Å²) in [5.41, 5.74) is 6.13. The van der Waals surface area contributed by atoms with E-state index >= 15 is 0 Å². The first kappa shape index (κ1) is 44.3. The highest BCUT2D eigenvalue weighted by Crippen LogP contribution is 2.18. The fourth-order valence-corrected chi connectivity index (χ4v) is 6.43. The van der Waals surface area contributed by atoms with Crippen molar-refractivity contribution in [2.75, 3.05) is 12.0 Å². The predicted octanol–water partition coefficient (Wildman–Crippen LogP) is 13.4. The Kier molecular flexibility index (Phi) is 37.1. The Bertz CT molecular complexity index is 649. The summed E-state index contributed by atoms with van der Waals surface area (Å²) in [5, 5.41) is 0. The van der Waals surface area contributed by atoms with Crippen molar-refractivity contribution in [1.29, 1.82) is 0 Å². The quantitative estimate of drug-likeness (QED) is 0.0417. The molecule has 0 aliphatic rings. The highest BCUT2D eigenvalue weighted by molar-refractivity contribution is 7.98. The van der Waals surface area contributed by atoms with Crippen LogP contribution in [-0.4, -0.2) is 30.1 Å². The van der Waals surface area contributed by atoms with E-state index in [2.05, 4.69) is 44.4 Å². The van der Waals surface area contributed by atoms with Crippen molar-refractivity contribution in [1.82, 2.24) is 0 Å². The van der Waals surface area contributed by atoms with Crippen LogP contribution in [0.1, 0.15) is 206 Å². The Morgan fingerprint density at radius 1 is 0.533 bits per heavy atom. The van der Waals surface area contributed by atoms with E-state index in [0.717, 1.165) is 31.4 Å². The number of hydrogen-bond acceptors (Lipinski definition) is 4. The van der Waals surface area contributed by atoms with E-state index in [-0.39, 0.29) is 12.1 Å². The van der Waals surface area contributed by atoms with Gasteiger partial charge in [-0.1, -0.05) is 147 Å². The summed E-state index contributed by atoms with van der Waals surface area (Å²) in [4.78, 5) is 12.6. The lowest BCUT2D eigenvalue weighted by molar-refractivity contribution is -0.151. The highest BCUT2D eigenvalue weighted by atomic mass is 32.2. The van der Waals surface area contributed by atoms with Crippen molar-refractivity contribution < 1.29 is 9.53 Å². The second kappa shape index (κ2) is 37.7. The minimum Gasteiger partial charge on any atom is -0.461 e. The molecule has 0 aromatic carbocycles. The van der Waals surface area contributed by atoms with Gasteiger partial charge in [-0.3, -0.25) is 4.79 Å². The smallest absolute Gasteiger partial charge is 0.323 e. The molecule has 0 saturated heterocycles. The van der Waals surface area contributed by atoms with Gasteiger partial charge in [-0.05, 0) is 95.5 Å². The molecule has 45 heavy (non-hydrogen) atoms. The molecule has 0 radical (unpaired) electrons. The Hall–Kier alpha value is -0.740. The number of hydrogen-bond donors (Lipinski definition) is 1. The van der Waals surface area contributed by atoms with Gasteiger partial charge in [0.25, 0.3) is 0 Å². The normalized spacial score (nSPS) is 13.2. The standard InChI is InChI=1S/C41H79NO2S/c1-4-6-8-10-12-14-16-18-20-22-24-26-28-30-32-34-36-39(44-41(43)40(42)37-38-45-3)35-33-31-29-27-25-23-21-19-17-15-13-11-9-7-5-2/h18-21,39-40H,4-17,22-38,42H2,1-3H3/b20-18-,21-19-. The van der Waals surface area contributed by atoms with Crippen molar-refractivity contribution in [2.24, 2.45) is 5.73 Å². The van der Waals surface area contributed by atoms with Crippen LogP contribution in [0.5, 0.6) is 0 Å². The lowest BCUT2D eigenvalue weighted by Gasteiger charge is -2.20. The van der Waals surface area contributed by atoms with Crippen LogP contribution in [-0.2, 0) is 9.53 Å². The summed E-state index contributed by atoms with van der Waals surface area (Å²) in [6, 6.07) is -0.478. The van der Waals surface area contributed by atoms with Crippen LogP contribution in [0.15, 0.2) is 24.3 Å². The molecule has 266 valence electrons. The zero-order valence-corrected chi connectivity index (χ0v) is 31.5. The molecule has 0 spiro atoms. The largest absolute Gasteiger partial charge is 0.461 e. The molecule has 2 N–H and O–H groups in total. The molecule has 4 heteroatoms. The van der Waals surface area contributed by atoms with Gasteiger partial charge >= 0.3 is 5.97 Å². The third-order valence-corrected chi connectivity index (χ3v) is 9.69. The van der Waals surface area contributed by atoms with Gasteiger partial charge in [-0.2, -0.15) is 11.8 Å². The lowest BCUT2D eigenvalue weighted by Crippen LogP contribution is -2.35. The molecule has 2 unspecified atom stereocenters. The third kappa shape index (κ3) is 34.4. The Morgan fingerprint density at radius 3 is 1.22 bits per heavy atom. The predicted molar refractivity (Wildman–Crippen MR) is 204 cm³/mol. The van der Waals surface area contributed by atoms with Crippen molar-refractivity contribution in [3.05, 3.63) is 24.3 Å². The van der Waals surface area contributed by atoms with Crippen LogP contribution < -0.4 is 5.73 Å². The first-order chi connectivity index (χ1) is 22.2. The zero-order valence-electron chi connectivity index (χ0n) is 30.7. The highest BCUT2D eigenvalue weighted by Gasteiger charge is 2.20. The van der Waals surface area contributed by atoms with Crippen LogP contribution in [0.25, 0.3) is 0 Å². The average Bonchev–Trinajstić information content (AvgIpc) is 3.04. The second-order valence-electron chi connectivity index (χ2n) is 13.5. The fraction of sp³-hybridized carbons (Fsp3) is 0.878. The molecule has 0 aliphatic heterocycles. The van der Waals surface area contributed by atoms with Crippen LogP contribution >= 0.6 is 11.8 Å². The number of rotatable bonds is 36. The van der Waals surface area contributed by atoms with Crippen molar-refractivity contribution >= 4 is 17.7 Å². The number of thioether (sulfide) groups is 1. The minimum atomic E-state index is -0.478. The molecule has 0 aromatic heterocycles. The fourth-order valence-electron chi connectivity index (χ4n) is 5.94. The van der Waals surface area contributed by atoms with E-state index in [1.807, 2.05) is 0 Å². The summed E-state index contributed by atoms with van der Waals surface area (Å²) < 4.78 is 5.96. The lowest BCUT2D eigenvalue weighted by atomic mass is 10.0. The van der Waals surface area contributed by atoms with E-state index in [4.69, 9.17) is 10.5 Å². The second-order valence-corrected chi connectivity index (χ2v) is 14.5. The summed E-state index contributed by atoms with van der Waals surface area (Å²) in [6.45, 7) is 4.56. The van der Waals surface area contributed by atoms with Crippen LogP contribution in [0.4, 0.5) is 0 Å². The van der Waals surface area contributed by atoms with Crippen molar-refractivity contribution in [3.63, 3.8) is 0 Å². The maximum atomic E-state index is 12.6. The molecule has 0 fully saturated rings. The Balaban J connectivity index is 4.00. The Morgan fingerprint density at radius 2 is 0.867 bits per heavy atom. The minimum absolute atomic E-state index is 0.0412. The SMILES string of the molecule is CCCCCCCC/C=C\CCCCCCCCC(CCCCCCC/C=C\CCCCCCCC)OC(=O)C(N)CCSC. The number of allylic oxidation sites excluding steroid dienone is 4. The van der Waals surface area contributed by atoms with Gasteiger partial charge < -0.3 is 10.5 Å². The number of unbranched alkanes of at least 4 members (excludes halogenated alkanes) is 23. The molecule has 0 heterocycles. The van der Waals surface area contributed by atoms with Gasteiger partial charge in [0.15, 0.2) is 0 Å². The van der Waals surface area contributed by atoms with Gasteiger partial charge in [0, 0.05) is 0 Å². The third-order valence-electron chi connectivity index (χ3n) is 9.04. The van der Waals surface area contributed by atoms with E-state index in [1.165, 1.54) is 161 Å². The van der Waals surface area contributed by atoms with Crippen LogP contribution in [0.3, 0.4) is 0 Å². The maximum absolute atomic E-state index is 12.6. The van der Waals surface area contributed by atoms with Crippen molar-refractivity contribution in [2.45, 2.75) is 219 Å². The Labute approximate surface area is 287 Å². The topological polar surface area (TPSA) is 52.3 Å². The van der Waals surface area contributed by atoms with Crippen LogP contribution in [0.2, 0.25) is 0 Å². The molecule has 3 nitrogen and oxygen atoms in total. The summed E-state index contributed by atoms with van der Waals surface area (Å²) >= 11 is 1.74. The van der Waals surface area contributed by atoms with Gasteiger partial charge in [0.2, 0.25) is 0 Å². The molecule has 0 bridgehead atoms. The zero-order chi connectivity index (χ0) is 32.9. The molecule has 0 aromatic rings. The molecule has 0 rings (SSSR count). The van der Waals surface area contributed by atoms with Gasteiger partial charge in [-0.15, -0.1) is 0 Å². The summed E-state index contributed by atoms with van der Waals surface area (Å²) in [6.07, 6.45) is 49.9. The monoisotopic (exact) mass is 650 g/mol. The van der Waals surface area contributed by atoms with Crippen molar-refractivity contribution in [3.8, 4) is 0 Å². The molecule has 2 atom stereocenters. The number of carbonyl (C=O) groups excluding carboxylic acids is 1. The molecule has 0 amide bonds. The first-order valence-electron chi connectivity index (χ1n) is 19.9. The molecular formula is C41H79NO2S. The van der Waals surface area contributed by atoms with E-state index in [1.54, 1.807) is 11.8 Å². The number of esters is 1. The number of nitrogens with two attached hydrogens (primary N) is 1. The maximum Gasteiger partial charge on any atom is 0.323 e. The molecular weight excluding hydrogens is 571 g/mol. The summed E-state index contributed by atoms with van der Waals surface area (Å²) in [5.74, 6) is 0.718. The van der Waals surface area contributed by atoms with E-state index in [0.29, 0.717) is 6.42 Å². The van der Waals surface area contributed by atoms with Gasteiger partial charge in [0.1, 0.15) is 12.1 Å². The molecule has 0 aliphatic carbocycles.